The number of amides is 1. The second-order valence-corrected chi connectivity index (χ2v) is 5.49. The summed E-state index contributed by atoms with van der Waals surface area (Å²) in [6.45, 7) is 0.258. The Bertz CT molecular complexity index is 865. The van der Waals surface area contributed by atoms with Crippen molar-refractivity contribution < 1.29 is 9.90 Å². The smallest absolute Gasteiger partial charge is 0.270 e. The minimum Gasteiger partial charge on any atom is -0.392 e. The summed E-state index contributed by atoms with van der Waals surface area (Å²) in [6.07, 6.45) is 0. The van der Waals surface area contributed by atoms with E-state index in [-0.39, 0.29) is 18.2 Å². The molecule has 0 aliphatic heterocycles. The maximum absolute atomic E-state index is 12.3. The summed E-state index contributed by atoms with van der Waals surface area (Å²) in [5.74, 6) is -0.301. The van der Waals surface area contributed by atoms with Gasteiger partial charge in [0, 0.05) is 11.9 Å². The standard InChI is InChI=1S/C18H15ClN2O2/c19-17-15-8-4-3-5-12(15)9-16(21-17)18(23)20-10-13-6-1-2-7-14(13)11-22/h1-9,22H,10-11H2,(H,20,23). The number of nitrogens with zero attached hydrogens (tertiary/aromatic N) is 1. The number of nitrogens with one attached hydrogen (secondary N) is 1. The van der Waals surface area contributed by atoms with E-state index in [0.29, 0.717) is 11.7 Å². The molecule has 0 atom stereocenters. The van der Waals surface area contributed by atoms with Gasteiger partial charge < -0.3 is 10.4 Å². The van der Waals surface area contributed by atoms with Crippen LogP contribution in [-0.4, -0.2) is 16.0 Å². The number of aliphatic hydroxyl groups is 1. The van der Waals surface area contributed by atoms with Gasteiger partial charge in [-0.15, -0.1) is 0 Å². The van der Waals surface area contributed by atoms with Gasteiger partial charge in [-0.1, -0.05) is 60.1 Å². The van der Waals surface area contributed by atoms with Gasteiger partial charge in [-0.05, 0) is 22.6 Å². The van der Waals surface area contributed by atoms with Crippen molar-refractivity contribution in [3.63, 3.8) is 0 Å². The summed E-state index contributed by atoms with van der Waals surface area (Å²) in [6, 6.07) is 16.6. The lowest BCUT2D eigenvalue weighted by molar-refractivity contribution is 0.0946. The van der Waals surface area contributed by atoms with E-state index in [9.17, 15) is 9.90 Å². The number of fused-ring (bicyclic) bond motifs is 1. The Morgan fingerprint density at radius 2 is 1.78 bits per heavy atom. The van der Waals surface area contributed by atoms with E-state index < -0.39 is 0 Å². The minimum atomic E-state index is -0.301. The summed E-state index contributed by atoms with van der Waals surface area (Å²) in [7, 11) is 0. The molecule has 2 N–H and O–H groups in total. The van der Waals surface area contributed by atoms with Crippen molar-refractivity contribution in [2.45, 2.75) is 13.2 Å². The molecular weight excluding hydrogens is 312 g/mol. The van der Waals surface area contributed by atoms with Crippen LogP contribution in [0.1, 0.15) is 21.6 Å². The molecule has 0 unspecified atom stereocenters. The number of pyridine rings is 1. The number of aromatic nitrogens is 1. The highest BCUT2D eigenvalue weighted by Crippen LogP contribution is 2.22. The fourth-order valence-corrected chi connectivity index (χ4v) is 2.69. The molecule has 0 radical (unpaired) electrons. The monoisotopic (exact) mass is 326 g/mol. The second-order valence-electron chi connectivity index (χ2n) is 5.13. The lowest BCUT2D eigenvalue weighted by atomic mass is 10.1. The van der Waals surface area contributed by atoms with Crippen LogP contribution in [0.25, 0.3) is 10.8 Å². The van der Waals surface area contributed by atoms with Gasteiger partial charge in [0.25, 0.3) is 5.91 Å². The normalized spacial score (nSPS) is 10.7. The summed E-state index contributed by atoms with van der Waals surface area (Å²) in [5, 5.41) is 14.1. The summed E-state index contributed by atoms with van der Waals surface area (Å²) >= 11 is 6.15. The van der Waals surface area contributed by atoms with E-state index in [4.69, 9.17) is 11.6 Å². The molecule has 0 fully saturated rings. The number of halogens is 1. The fourth-order valence-electron chi connectivity index (χ4n) is 2.42. The first kappa shape index (κ1) is 15.5. The predicted octanol–water partition coefficient (Wildman–Crippen LogP) is 3.31. The van der Waals surface area contributed by atoms with E-state index in [0.717, 1.165) is 21.9 Å². The van der Waals surface area contributed by atoms with Crippen molar-refractivity contribution in [2.75, 3.05) is 0 Å². The average molecular weight is 327 g/mol. The van der Waals surface area contributed by atoms with Crippen LogP contribution in [0.2, 0.25) is 5.15 Å². The molecule has 0 aliphatic rings. The molecule has 1 heterocycles. The first-order chi connectivity index (χ1) is 11.2. The molecule has 2 aromatic carbocycles. The van der Waals surface area contributed by atoms with Crippen molar-refractivity contribution in [1.82, 2.24) is 10.3 Å². The third-order valence-electron chi connectivity index (χ3n) is 3.65. The molecule has 4 nitrogen and oxygen atoms in total. The Hall–Kier alpha value is -2.43. The van der Waals surface area contributed by atoms with Crippen LogP contribution in [0.4, 0.5) is 0 Å². The fraction of sp³-hybridized carbons (Fsp3) is 0.111. The highest BCUT2D eigenvalue weighted by atomic mass is 35.5. The highest BCUT2D eigenvalue weighted by molar-refractivity contribution is 6.34. The maximum atomic E-state index is 12.3. The molecule has 0 spiro atoms. The van der Waals surface area contributed by atoms with Crippen LogP contribution in [0.15, 0.2) is 54.6 Å². The lowest BCUT2D eigenvalue weighted by Gasteiger charge is -2.09. The topological polar surface area (TPSA) is 62.2 Å². The van der Waals surface area contributed by atoms with Gasteiger partial charge in [-0.3, -0.25) is 4.79 Å². The summed E-state index contributed by atoms with van der Waals surface area (Å²) < 4.78 is 0. The third-order valence-corrected chi connectivity index (χ3v) is 3.94. The number of carbonyl (C=O) groups is 1. The highest BCUT2D eigenvalue weighted by Gasteiger charge is 2.11. The van der Waals surface area contributed by atoms with Gasteiger partial charge in [0.15, 0.2) is 0 Å². The van der Waals surface area contributed by atoms with Crippen molar-refractivity contribution in [3.8, 4) is 0 Å². The van der Waals surface area contributed by atoms with Gasteiger partial charge in [0.2, 0.25) is 0 Å². The number of hydrogen-bond donors (Lipinski definition) is 2. The van der Waals surface area contributed by atoms with Crippen molar-refractivity contribution in [1.29, 1.82) is 0 Å². The number of hydrogen-bond acceptors (Lipinski definition) is 3. The van der Waals surface area contributed by atoms with Crippen molar-refractivity contribution in [2.24, 2.45) is 0 Å². The van der Waals surface area contributed by atoms with Crippen molar-refractivity contribution >= 4 is 28.3 Å². The Labute approximate surface area is 138 Å². The van der Waals surface area contributed by atoms with Gasteiger partial charge in [0.1, 0.15) is 10.8 Å². The predicted molar refractivity (Wildman–Crippen MR) is 90.3 cm³/mol. The molecule has 1 amide bonds. The quantitative estimate of drug-likeness (QED) is 0.723. The Morgan fingerprint density at radius 3 is 2.57 bits per heavy atom. The van der Waals surface area contributed by atoms with E-state index in [1.54, 1.807) is 6.07 Å². The van der Waals surface area contributed by atoms with Gasteiger partial charge >= 0.3 is 0 Å². The molecule has 0 bridgehead atoms. The van der Waals surface area contributed by atoms with Gasteiger partial charge in [-0.2, -0.15) is 0 Å². The summed E-state index contributed by atoms with van der Waals surface area (Å²) in [5.41, 5.74) is 1.93. The molecule has 116 valence electrons. The molecule has 0 saturated carbocycles. The van der Waals surface area contributed by atoms with Crippen LogP contribution in [-0.2, 0) is 13.2 Å². The molecule has 1 aromatic heterocycles. The zero-order chi connectivity index (χ0) is 16.2. The maximum Gasteiger partial charge on any atom is 0.270 e. The summed E-state index contributed by atoms with van der Waals surface area (Å²) in [4.78, 5) is 16.5. The molecular formula is C18H15ClN2O2. The van der Waals surface area contributed by atoms with Gasteiger partial charge in [-0.25, -0.2) is 4.98 Å². The number of aliphatic hydroxyl groups excluding tert-OH is 1. The van der Waals surface area contributed by atoms with Crippen molar-refractivity contribution in [3.05, 3.63) is 76.6 Å². The Morgan fingerprint density at radius 1 is 1.09 bits per heavy atom. The Kier molecular flexibility index (Phi) is 4.55. The van der Waals surface area contributed by atoms with E-state index >= 15 is 0 Å². The molecule has 23 heavy (non-hydrogen) atoms. The number of benzene rings is 2. The first-order valence-corrected chi connectivity index (χ1v) is 7.58. The van der Waals surface area contributed by atoms with Crippen LogP contribution in [0, 0.1) is 0 Å². The van der Waals surface area contributed by atoms with Crippen LogP contribution < -0.4 is 5.32 Å². The number of carbonyl (C=O) groups excluding carboxylic acids is 1. The average Bonchev–Trinajstić information content (AvgIpc) is 2.59. The number of rotatable bonds is 4. The Balaban J connectivity index is 1.81. The van der Waals surface area contributed by atoms with E-state index in [1.165, 1.54) is 0 Å². The largest absolute Gasteiger partial charge is 0.392 e. The zero-order valence-corrected chi connectivity index (χ0v) is 13.0. The van der Waals surface area contributed by atoms with E-state index in [1.807, 2.05) is 48.5 Å². The van der Waals surface area contributed by atoms with Crippen LogP contribution in [0.5, 0.6) is 0 Å². The minimum absolute atomic E-state index is 0.0634. The van der Waals surface area contributed by atoms with E-state index in [2.05, 4.69) is 10.3 Å². The third kappa shape index (κ3) is 3.33. The van der Waals surface area contributed by atoms with Crippen LogP contribution in [0.3, 0.4) is 0 Å². The molecule has 0 aliphatic carbocycles. The molecule has 0 saturated heterocycles. The van der Waals surface area contributed by atoms with Crippen LogP contribution >= 0.6 is 11.6 Å². The molecule has 5 heteroatoms. The first-order valence-electron chi connectivity index (χ1n) is 7.20. The molecule has 3 rings (SSSR count). The SMILES string of the molecule is O=C(NCc1ccccc1CO)c1cc2ccccc2c(Cl)n1. The lowest BCUT2D eigenvalue weighted by Crippen LogP contribution is -2.24. The molecule has 3 aromatic rings. The second kappa shape index (κ2) is 6.77. The van der Waals surface area contributed by atoms with Gasteiger partial charge in [0.05, 0.1) is 6.61 Å². The zero-order valence-electron chi connectivity index (χ0n) is 12.3.